The highest BCUT2D eigenvalue weighted by Gasteiger charge is 2.34. The summed E-state index contributed by atoms with van der Waals surface area (Å²) in [6.45, 7) is 0. The first-order valence-corrected chi connectivity index (χ1v) is 13.7. The van der Waals surface area contributed by atoms with Crippen LogP contribution in [0.5, 0.6) is 0 Å². The van der Waals surface area contributed by atoms with Gasteiger partial charge in [-0.3, -0.25) is 4.79 Å². The highest BCUT2D eigenvalue weighted by molar-refractivity contribution is 7.90. The lowest BCUT2D eigenvalue weighted by Gasteiger charge is -2.24. The Balaban J connectivity index is 1.53. The van der Waals surface area contributed by atoms with Crippen LogP contribution in [0.2, 0.25) is 0 Å². The fourth-order valence-electron chi connectivity index (χ4n) is 4.90. The number of benzene rings is 3. The summed E-state index contributed by atoms with van der Waals surface area (Å²) in [4.78, 5) is 13.6. The predicted molar refractivity (Wildman–Crippen MR) is 135 cm³/mol. The van der Waals surface area contributed by atoms with Crippen molar-refractivity contribution < 1.29 is 23.4 Å². The lowest BCUT2D eigenvalue weighted by molar-refractivity contribution is -0.127. The van der Waals surface area contributed by atoms with Gasteiger partial charge in [0, 0.05) is 18.6 Å². The van der Waals surface area contributed by atoms with Crippen LogP contribution in [0.1, 0.15) is 34.7 Å². The molecule has 0 spiro atoms. The zero-order valence-electron chi connectivity index (χ0n) is 19.7. The monoisotopic (exact) mass is 493 g/mol. The molecule has 0 aliphatic heterocycles. The minimum atomic E-state index is -3.44. The first-order valence-electron chi connectivity index (χ1n) is 11.8. The number of hydrogen-bond acceptors (Lipinski definition) is 5. The largest absolute Gasteiger partial charge is 0.393 e. The zero-order chi connectivity index (χ0) is 25.0. The smallest absolute Gasteiger partial charge is 0.224 e. The summed E-state index contributed by atoms with van der Waals surface area (Å²) >= 11 is 0. The normalized spacial score (nSPS) is 19.1. The van der Waals surface area contributed by atoms with Gasteiger partial charge in [0.25, 0.3) is 0 Å². The molecular weight excluding hydrogens is 462 g/mol. The highest BCUT2D eigenvalue weighted by Crippen LogP contribution is 2.32. The molecule has 0 radical (unpaired) electrons. The zero-order valence-corrected chi connectivity index (χ0v) is 20.5. The second-order valence-electron chi connectivity index (χ2n) is 9.32. The van der Waals surface area contributed by atoms with Gasteiger partial charge in [-0.05, 0) is 47.6 Å². The number of nitrogens with one attached hydrogen (secondary N) is 1. The van der Waals surface area contributed by atoms with Crippen LogP contribution in [0.4, 0.5) is 0 Å². The van der Waals surface area contributed by atoms with Crippen molar-refractivity contribution in [3.8, 4) is 0 Å². The Labute approximate surface area is 206 Å². The number of amides is 1. The van der Waals surface area contributed by atoms with Crippen molar-refractivity contribution in [1.29, 1.82) is 0 Å². The maximum Gasteiger partial charge on any atom is 0.224 e. The quantitative estimate of drug-likeness (QED) is 0.425. The molecule has 35 heavy (non-hydrogen) atoms. The van der Waals surface area contributed by atoms with Gasteiger partial charge in [0.15, 0.2) is 9.84 Å². The van der Waals surface area contributed by atoms with Crippen LogP contribution in [0.3, 0.4) is 0 Å². The van der Waals surface area contributed by atoms with Crippen molar-refractivity contribution in [2.24, 2.45) is 5.92 Å². The molecule has 0 saturated carbocycles. The molecule has 0 heterocycles. The molecule has 4 atom stereocenters. The molecule has 1 aliphatic carbocycles. The molecule has 1 amide bonds. The van der Waals surface area contributed by atoms with E-state index in [9.17, 15) is 23.4 Å². The van der Waals surface area contributed by atoms with Crippen molar-refractivity contribution in [2.45, 2.75) is 48.8 Å². The number of sulfone groups is 1. The third kappa shape index (κ3) is 6.17. The topological polar surface area (TPSA) is 104 Å². The summed E-state index contributed by atoms with van der Waals surface area (Å²) in [5.41, 5.74) is 3.42. The number of carbonyl (C=O) groups excluding carboxylic acids is 1. The van der Waals surface area contributed by atoms with Crippen LogP contribution < -0.4 is 5.32 Å². The van der Waals surface area contributed by atoms with Gasteiger partial charge in [-0.1, -0.05) is 72.8 Å². The number of carbonyl (C=O) groups is 1. The molecule has 3 aromatic rings. The second-order valence-corrected chi connectivity index (χ2v) is 11.3. The van der Waals surface area contributed by atoms with Crippen LogP contribution >= 0.6 is 0 Å². The first-order chi connectivity index (χ1) is 16.7. The fourth-order valence-corrected chi connectivity index (χ4v) is 5.85. The van der Waals surface area contributed by atoms with E-state index >= 15 is 0 Å². The second kappa shape index (κ2) is 10.7. The third-order valence-electron chi connectivity index (χ3n) is 6.58. The van der Waals surface area contributed by atoms with E-state index in [-0.39, 0.29) is 23.6 Å². The Morgan fingerprint density at radius 2 is 1.63 bits per heavy atom. The third-order valence-corrected chi connectivity index (χ3v) is 7.78. The van der Waals surface area contributed by atoms with E-state index in [4.69, 9.17) is 0 Å². The Morgan fingerprint density at radius 3 is 2.37 bits per heavy atom. The molecule has 0 bridgehead atoms. The molecule has 1 aliphatic rings. The average molecular weight is 494 g/mol. The van der Waals surface area contributed by atoms with E-state index in [0.717, 1.165) is 22.9 Å². The number of rotatable bonds is 9. The van der Waals surface area contributed by atoms with Crippen molar-refractivity contribution in [2.75, 3.05) is 6.26 Å². The first kappa shape index (κ1) is 25.1. The lowest BCUT2D eigenvalue weighted by Crippen LogP contribution is -2.39. The van der Waals surface area contributed by atoms with Gasteiger partial charge < -0.3 is 15.5 Å². The SMILES string of the molecule is CS(=O)(=O)c1ccccc1CC(O)CC(Cc1ccccc1)C(=O)N[C@H]1c2ccccc2C[C@H]1O. The van der Waals surface area contributed by atoms with Crippen molar-refractivity contribution in [3.05, 3.63) is 101 Å². The lowest BCUT2D eigenvalue weighted by atomic mass is 9.90. The van der Waals surface area contributed by atoms with E-state index in [1.165, 1.54) is 6.07 Å². The van der Waals surface area contributed by atoms with Gasteiger partial charge in [-0.2, -0.15) is 0 Å². The van der Waals surface area contributed by atoms with Crippen molar-refractivity contribution in [1.82, 2.24) is 5.32 Å². The molecule has 7 heteroatoms. The van der Waals surface area contributed by atoms with E-state index in [1.54, 1.807) is 18.2 Å². The van der Waals surface area contributed by atoms with Gasteiger partial charge in [0.2, 0.25) is 5.91 Å². The minimum absolute atomic E-state index is 0.122. The van der Waals surface area contributed by atoms with E-state index in [0.29, 0.717) is 18.4 Å². The predicted octanol–water partition coefficient (Wildman–Crippen LogP) is 3.02. The van der Waals surface area contributed by atoms with Gasteiger partial charge in [-0.25, -0.2) is 8.42 Å². The molecule has 184 valence electrons. The number of fused-ring (bicyclic) bond motifs is 1. The number of aliphatic hydroxyl groups excluding tert-OH is 2. The summed E-state index contributed by atoms with van der Waals surface area (Å²) in [6.07, 6.45) is 0.699. The van der Waals surface area contributed by atoms with Crippen LogP contribution in [0.15, 0.2) is 83.8 Å². The molecule has 0 aromatic heterocycles. The maximum atomic E-state index is 13.4. The molecule has 3 aromatic carbocycles. The maximum absolute atomic E-state index is 13.4. The summed E-state index contributed by atoms with van der Waals surface area (Å²) in [6, 6.07) is 23.4. The van der Waals surface area contributed by atoms with Gasteiger partial charge in [0.1, 0.15) is 0 Å². The molecule has 0 saturated heterocycles. The van der Waals surface area contributed by atoms with Crippen LogP contribution in [-0.4, -0.2) is 43.0 Å². The van der Waals surface area contributed by atoms with Crippen LogP contribution in [0, 0.1) is 5.92 Å². The number of aliphatic hydroxyl groups is 2. The highest BCUT2D eigenvalue weighted by atomic mass is 32.2. The summed E-state index contributed by atoms with van der Waals surface area (Å²) in [7, 11) is -3.44. The fraction of sp³-hybridized carbons (Fsp3) is 0.321. The molecule has 0 fully saturated rings. The van der Waals surface area contributed by atoms with Gasteiger partial charge in [-0.15, -0.1) is 0 Å². The Bertz CT molecular complexity index is 1280. The number of hydrogen-bond donors (Lipinski definition) is 3. The van der Waals surface area contributed by atoms with E-state index < -0.39 is 34.0 Å². The van der Waals surface area contributed by atoms with E-state index in [1.807, 2.05) is 54.6 Å². The standard InChI is InChI=1S/C28H31NO5S/c1-35(33,34)26-14-8-6-12-21(26)16-23(30)17-22(15-19-9-3-2-4-10-19)28(32)29-27-24-13-7-5-11-20(24)18-25(27)31/h2-14,22-23,25,27,30-31H,15-18H2,1H3,(H,29,32)/t22?,23?,25-,27+/m1/s1. The summed E-state index contributed by atoms with van der Waals surface area (Å²) in [5, 5.41) is 24.5. The van der Waals surface area contributed by atoms with Crippen molar-refractivity contribution >= 4 is 15.7 Å². The summed E-state index contributed by atoms with van der Waals surface area (Å²) in [5.74, 6) is -0.803. The van der Waals surface area contributed by atoms with Gasteiger partial charge >= 0.3 is 0 Å². The minimum Gasteiger partial charge on any atom is -0.393 e. The molecule has 2 unspecified atom stereocenters. The Hall–Kier alpha value is -3.00. The van der Waals surface area contributed by atoms with Crippen LogP contribution in [-0.2, 0) is 33.9 Å². The van der Waals surface area contributed by atoms with Crippen LogP contribution in [0.25, 0.3) is 0 Å². The summed E-state index contributed by atoms with van der Waals surface area (Å²) < 4.78 is 24.3. The van der Waals surface area contributed by atoms with Crippen molar-refractivity contribution in [3.63, 3.8) is 0 Å². The Kier molecular flexibility index (Phi) is 7.69. The molecule has 6 nitrogen and oxygen atoms in total. The van der Waals surface area contributed by atoms with Gasteiger partial charge in [0.05, 0.1) is 23.1 Å². The molecule has 4 rings (SSSR count). The average Bonchev–Trinajstić information content (AvgIpc) is 3.14. The molecular formula is C28H31NO5S. The molecule has 3 N–H and O–H groups in total. The van der Waals surface area contributed by atoms with E-state index in [2.05, 4.69) is 5.32 Å². The Morgan fingerprint density at radius 1 is 0.971 bits per heavy atom.